The fourth-order valence-electron chi connectivity index (χ4n) is 1.77. The Morgan fingerprint density at radius 1 is 1.16 bits per heavy atom. The Kier molecular flexibility index (Phi) is 3.71. The van der Waals surface area contributed by atoms with Gasteiger partial charge >= 0.3 is 5.97 Å². The van der Waals surface area contributed by atoms with Gasteiger partial charge in [0.1, 0.15) is 5.75 Å². The van der Waals surface area contributed by atoms with Gasteiger partial charge < -0.3 is 15.2 Å². The number of hydrogen-bond donors (Lipinski definition) is 2. The van der Waals surface area contributed by atoms with E-state index in [0.717, 1.165) is 22.7 Å². The molecule has 0 aliphatic carbocycles. The molecule has 0 aromatic heterocycles. The largest absolute Gasteiger partial charge is 0.495 e. The molecular formula is C15H15NO3. The standard InChI is InChI=1S/C15H15NO3/c1-10-3-8-14(19-2)13(9-10)16-12-6-4-11(5-7-12)15(17)18/h3-9,16H,1-2H3,(H,17,18). The average molecular weight is 257 g/mol. The number of nitrogens with one attached hydrogen (secondary N) is 1. The number of methoxy groups -OCH3 is 1. The van der Waals surface area contributed by atoms with Gasteiger partial charge in [0.15, 0.2) is 0 Å². The number of ether oxygens (including phenoxy) is 1. The molecule has 2 rings (SSSR count). The summed E-state index contributed by atoms with van der Waals surface area (Å²) in [5.74, 6) is -0.187. The van der Waals surface area contributed by atoms with Crippen molar-refractivity contribution in [2.75, 3.05) is 12.4 Å². The molecule has 0 unspecified atom stereocenters. The van der Waals surface area contributed by atoms with E-state index in [9.17, 15) is 4.79 Å². The summed E-state index contributed by atoms with van der Waals surface area (Å²) in [6.45, 7) is 2.00. The summed E-state index contributed by atoms with van der Waals surface area (Å²) in [6.07, 6.45) is 0. The van der Waals surface area contributed by atoms with E-state index < -0.39 is 5.97 Å². The van der Waals surface area contributed by atoms with Gasteiger partial charge in [-0.1, -0.05) is 6.07 Å². The van der Waals surface area contributed by atoms with Crippen LogP contribution in [-0.4, -0.2) is 18.2 Å². The molecule has 4 heteroatoms. The molecule has 0 atom stereocenters. The maximum absolute atomic E-state index is 10.8. The summed E-state index contributed by atoms with van der Waals surface area (Å²) in [4.78, 5) is 10.8. The quantitative estimate of drug-likeness (QED) is 0.880. The van der Waals surface area contributed by atoms with Gasteiger partial charge in [-0.15, -0.1) is 0 Å². The first-order valence-electron chi connectivity index (χ1n) is 5.85. The van der Waals surface area contributed by atoms with Gasteiger partial charge in [0.05, 0.1) is 18.4 Å². The molecule has 19 heavy (non-hydrogen) atoms. The number of rotatable bonds is 4. The molecule has 0 heterocycles. The summed E-state index contributed by atoms with van der Waals surface area (Å²) in [7, 11) is 1.61. The molecule has 2 aromatic carbocycles. The summed E-state index contributed by atoms with van der Waals surface area (Å²) in [5, 5.41) is 12.1. The summed E-state index contributed by atoms with van der Waals surface area (Å²) >= 11 is 0. The maximum Gasteiger partial charge on any atom is 0.335 e. The number of hydrogen-bond acceptors (Lipinski definition) is 3. The highest BCUT2D eigenvalue weighted by atomic mass is 16.5. The fourth-order valence-corrected chi connectivity index (χ4v) is 1.77. The lowest BCUT2D eigenvalue weighted by molar-refractivity contribution is 0.0697. The molecule has 0 aliphatic rings. The first kappa shape index (κ1) is 13.0. The summed E-state index contributed by atoms with van der Waals surface area (Å²) < 4.78 is 5.28. The summed E-state index contributed by atoms with van der Waals surface area (Å²) in [6, 6.07) is 12.4. The van der Waals surface area contributed by atoms with Gasteiger partial charge in [0, 0.05) is 5.69 Å². The van der Waals surface area contributed by atoms with E-state index in [1.165, 1.54) is 0 Å². The van der Waals surface area contributed by atoms with E-state index in [2.05, 4.69) is 5.32 Å². The Morgan fingerprint density at radius 3 is 2.42 bits per heavy atom. The third-order valence-electron chi connectivity index (χ3n) is 2.77. The van der Waals surface area contributed by atoms with Crippen molar-refractivity contribution in [3.63, 3.8) is 0 Å². The van der Waals surface area contributed by atoms with Crippen LogP contribution in [0.25, 0.3) is 0 Å². The van der Waals surface area contributed by atoms with E-state index in [0.29, 0.717) is 0 Å². The van der Waals surface area contributed by atoms with Crippen molar-refractivity contribution in [1.29, 1.82) is 0 Å². The fraction of sp³-hybridized carbons (Fsp3) is 0.133. The Morgan fingerprint density at radius 2 is 1.84 bits per heavy atom. The van der Waals surface area contributed by atoms with Crippen molar-refractivity contribution in [3.05, 3.63) is 53.6 Å². The first-order valence-corrected chi connectivity index (χ1v) is 5.85. The van der Waals surface area contributed by atoms with E-state index in [4.69, 9.17) is 9.84 Å². The van der Waals surface area contributed by atoms with E-state index in [1.807, 2.05) is 25.1 Å². The average Bonchev–Trinajstić information content (AvgIpc) is 2.39. The van der Waals surface area contributed by atoms with Gasteiger partial charge in [-0.25, -0.2) is 4.79 Å². The highest BCUT2D eigenvalue weighted by Gasteiger charge is 2.05. The minimum Gasteiger partial charge on any atom is -0.495 e. The Labute approximate surface area is 111 Å². The molecule has 4 nitrogen and oxygen atoms in total. The van der Waals surface area contributed by atoms with Crippen LogP contribution >= 0.6 is 0 Å². The number of anilines is 2. The molecule has 2 N–H and O–H groups in total. The molecule has 0 radical (unpaired) electrons. The third kappa shape index (κ3) is 3.04. The van der Waals surface area contributed by atoms with Crippen LogP contribution in [0.1, 0.15) is 15.9 Å². The van der Waals surface area contributed by atoms with E-state index >= 15 is 0 Å². The molecule has 0 saturated heterocycles. The first-order chi connectivity index (χ1) is 9.10. The Hall–Kier alpha value is -2.49. The topological polar surface area (TPSA) is 58.6 Å². The highest BCUT2D eigenvalue weighted by molar-refractivity contribution is 5.88. The van der Waals surface area contributed by atoms with Crippen LogP contribution in [-0.2, 0) is 0 Å². The lowest BCUT2D eigenvalue weighted by Gasteiger charge is -2.12. The second-order valence-electron chi connectivity index (χ2n) is 4.21. The van der Waals surface area contributed by atoms with Crippen molar-refractivity contribution in [2.24, 2.45) is 0 Å². The lowest BCUT2D eigenvalue weighted by atomic mass is 10.1. The van der Waals surface area contributed by atoms with Crippen LogP contribution in [0.15, 0.2) is 42.5 Å². The molecule has 98 valence electrons. The molecule has 2 aromatic rings. The van der Waals surface area contributed by atoms with Gasteiger partial charge in [0.2, 0.25) is 0 Å². The minimum atomic E-state index is -0.931. The minimum absolute atomic E-state index is 0.266. The SMILES string of the molecule is COc1ccc(C)cc1Nc1ccc(C(=O)O)cc1. The van der Waals surface area contributed by atoms with E-state index in [1.54, 1.807) is 31.4 Å². The van der Waals surface area contributed by atoms with Gasteiger partial charge in [-0.3, -0.25) is 0 Å². The lowest BCUT2D eigenvalue weighted by Crippen LogP contribution is -1.98. The van der Waals surface area contributed by atoms with Gasteiger partial charge in [-0.05, 0) is 48.9 Å². The van der Waals surface area contributed by atoms with Crippen LogP contribution in [0, 0.1) is 6.92 Å². The summed E-state index contributed by atoms with van der Waals surface area (Å²) in [5.41, 5.74) is 3.05. The van der Waals surface area contributed by atoms with Crippen LogP contribution in [0.5, 0.6) is 5.75 Å². The monoisotopic (exact) mass is 257 g/mol. The van der Waals surface area contributed by atoms with Gasteiger partial charge in [0.25, 0.3) is 0 Å². The normalized spacial score (nSPS) is 10.0. The zero-order valence-electron chi connectivity index (χ0n) is 10.8. The predicted octanol–water partition coefficient (Wildman–Crippen LogP) is 3.45. The molecule has 0 bridgehead atoms. The highest BCUT2D eigenvalue weighted by Crippen LogP contribution is 2.28. The molecule has 0 amide bonds. The van der Waals surface area contributed by atoms with Crippen LogP contribution in [0.4, 0.5) is 11.4 Å². The number of aromatic carboxylic acids is 1. The van der Waals surface area contributed by atoms with Crippen molar-refractivity contribution < 1.29 is 14.6 Å². The molecule has 0 fully saturated rings. The van der Waals surface area contributed by atoms with Crippen molar-refractivity contribution >= 4 is 17.3 Å². The van der Waals surface area contributed by atoms with Crippen LogP contribution in [0.2, 0.25) is 0 Å². The van der Waals surface area contributed by atoms with Crippen LogP contribution < -0.4 is 10.1 Å². The molecule has 0 spiro atoms. The van der Waals surface area contributed by atoms with Crippen molar-refractivity contribution in [2.45, 2.75) is 6.92 Å². The zero-order chi connectivity index (χ0) is 13.8. The number of carbonyl (C=O) groups is 1. The zero-order valence-corrected chi connectivity index (χ0v) is 10.8. The number of carboxylic acids is 1. The van der Waals surface area contributed by atoms with Crippen molar-refractivity contribution in [3.8, 4) is 5.75 Å². The maximum atomic E-state index is 10.8. The van der Waals surface area contributed by atoms with E-state index in [-0.39, 0.29) is 5.56 Å². The second-order valence-corrected chi connectivity index (χ2v) is 4.21. The smallest absolute Gasteiger partial charge is 0.335 e. The Bertz CT molecular complexity index is 591. The van der Waals surface area contributed by atoms with Crippen molar-refractivity contribution in [1.82, 2.24) is 0 Å². The van der Waals surface area contributed by atoms with Crippen LogP contribution in [0.3, 0.4) is 0 Å². The number of carboxylic acid groups (broad SMARTS) is 1. The Balaban J connectivity index is 2.25. The number of aryl methyl sites for hydroxylation is 1. The molecule has 0 aliphatic heterocycles. The predicted molar refractivity (Wildman–Crippen MR) is 74.4 cm³/mol. The number of benzene rings is 2. The molecule has 0 saturated carbocycles. The third-order valence-corrected chi connectivity index (χ3v) is 2.77. The van der Waals surface area contributed by atoms with Gasteiger partial charge in [-0.2, -0.15) is 0 Å². The second kappa shape index (κ2) is 5.44. The molecular weight excluding hydrogens is 242 g/mol.